The molecule has 1 aliphatic carbocycles. The summed E-state index contributed by atoms with van der Waals surface area (Å²) in [6.45, 7) is 2.08. The van der Waals surface area contributed by atoms with Gasteiger partial charge in [0.1, 0.15) is 0 Å². The largest absolute Gasteiger partial charge is 0.478 e. The summed E-state index contributed by atoms with van der Waals surface area (Å²) >= 11 is 6.41. The van der Waals surface area contributed by atoms with Crippen molar-refractivity contribution in [3.63, 3.8) is 0 Å². The summed E-state index contributed by atoms with van der Waals surface area (Å²) in [7, 11) is 0. The Balaban J connectivity index is 1.88. The minimum Gasteiger partial charge on any atom is -0.478 e. The molecule has 0 spiro atoms. The van der Waals surface area contributed by atoms with Crippen LogP contribution in [0.1, 0.15) is 45.4 Å². The molecule has 0 saturated carbocycles. The molecular weight excluding hydrogens is 322 g/mol. The molecule has 2 aromatic carbocycles. The molecule has 0 aromatic heterocycles. The van der Waals surface area contributed by atoms with E-state index in [-0.39, 0.29) is 12.0 Å². The lowest BCUT2D eigenvalue weighted by atomic mass is 9.75. The molecule has 1 heterocycles. The van der Waals surface area contributed by atoms with E-state index in [2.05, 4.69) is 48.7 Å². The van der Waals surface area contributed by atoms with Gasteiger partial charge in [-0.15, -0.1) is 0 Å². The lowest BCUT2D eigenvalue weighted by Gasteiger charge is -2.38. The van der Waals surface area contributed by atoms with Gasteiger partial charge in [0.15, 0.2) is 0 Å². The van der Waals surface area contributed by atoms with Crippen LogP contribution in [0.2, 0.25) is 5.02 Å². The van der Waals surface area contributed by atoms with E-state index in [0.29, 0.717) is 16.5 Å². The number of carboxylic acids is 1. The van der Waals surface area contributed by atoms with E-state index < -0.39 is 5.97 Å². The van der Waals surface area contributed by atoms with Crippen molar-refractivity contribution >= 4 is 23.3 Å². The summed E-state index contributed by atoms with van der Waals surface area (Å²) in [5.74, 6) is -0.523. The Morgan fingerprint density at radius 2 is 2.12 bits per heavy atom. The highest BCUT2D eigenvalue weighted by atomic mass is 35.5. The molecule has 0 unspecified atom stereocenters. The van der Waals surface area contributed by atoms with Crippen molar-refractivity contribution in [2.45, 2.75) is 25.3 Å². The number of hydrogen-bond acceptors (Lipinski definition) is 2. The quantitative estimate of drug-likeness (QED) is 0.742. The van der Waals surface area contributed by atoms with Crippen LogP contribution in [0.25, 0.3) is 0 Å². The molecule has 3 atom stereocenters. The summed E-state index contributed by atoms with van der Waals surface area (Å²) in [4.78, 5) is 11.7. The molecular formula is C20H18ClNO2. The van der Waals surface area contributed by atoms with Crippen LogP contribution < -0.4 is 5.32 Å². The van der Waals surface area contributed by atoms with Gasteiger partial charge < -0.3 is 10.4 Å². The summed E-state index contributed by atoms with van der Waals surface area (Å²) in [5, 5.41) is 13.7. The number of benzene rings is 2. The monoisotopic (exact) mass is 339 g/mol. The maximum absolute atomic E-state index is 11.7. The van der Waals surface area contributed by atoms with Crippen LogP contribution in [0.3, 0.4) is 0 Å². The Morgan fingerprint density at radius 1 is 1.29 bits per heavy atom. The van der Waals surface area contributed by atoms with Crippen LogP contribution in [-0.4, -0.2) is 11.1 Å². The molecule has 122 valence electrons. The normalized spacial score (nSPS) is 24.2. The highest BCUT2D eigenvalue weighted by Gasteiger charge is 2.40. The van der Waals surface area contributed by atoms with Crippen molar-refractivity contribution in [1.82, 2.24) is 0 Å². The van der Waals surface area contributed by atoms with Gasteiger partial charge in [0, 0.05) is 5.92 Å². The van der Waals surface area contributed by atoms with Crippen LogP contribution in [-0.2, 0) is 0 Å². The molecule has 1 aliphatic heterocycles. The number of rotatable bonds is 2. The zero-order chi connectivity index (χ0) is 16.8. The maximum atomic E-state index is 11.7. The highest BCUT2D eigenvalue weighted by Crippen LogP contribution is 2.52. The number of aromatic carboxylic acids is 1. The zero-order valence-electron chi connectivity index (χ0n) is 13.3. The second-order valence-corrected chi connectivity index (χ2v) is 6.99. The average molecular weight is 340 g/mol. The van der Waals surface area contributed by atoms with Gasteiger partial charge in [0.25, 0.3) is 0 Å². The van der Waals surface area contributed by atoms with Gasteiger partial charge in [0.05, 0.1) is 22.3 Å². The summed E-state index contributed by atoms with van der Waals surface area (Å²) < 4.78 is 0. The number of hydrogen-bond donors (Lipinski definition) is 2. The number of carbonyl (C=O) groups is 1. The lowest BCUT2D eigenvalue weighted by Crippen LogP contribution is -2.30. The first-order valence-electron chi connectivity index (χ1n) is 8.11. The van der Waals surface area contributed by atoms with Crippen LogP contribution in [0.5, 0.6) is 0 Å². The minimum atomic E-state index is -0.905. The summed E-state index contributed by atoms with van der Waals surface area (Å²) in [6.07, 6.45) is 5.22. The first-order valence-corrected chi connectivity index (χ1v) is 8.49. The van der Waals surface area contributed by atoms with Crippen molar-refractivity contribution in [1.29, 1.82) is 0 Å². The third-order valence-electron chi connectivity index (χ3n) is 5.10. The molecule has 3 nitrogen and oxygen atoms in total. The first-order chi connectivity index (χ1) is 11.6. The fraction of sp³-hybridized carbons (Fsp3) is 0.250. The van der Waals surface area contributed by atoms with E-state index in [1.54, 1.807) is 12.1 Å². The van der Waals surface area contributed by atoms with E-state index in [1.807, 2.05) is 0 Å². The van der Waals surface area contributed by atoms with Gasteiger partial charge >= 0.3 is 5.97 Å². The number of nitrogens with one attached hydrogen (secondary N) is 1. The van der Waals surface area contributed by atoms with Crippen LogP contribution in [0.4, 0.5) is 5.69 Å². The number of anilines is 1. The van der Waals surface area contributed by atoms with Gasteiger partial charge in [-0.05, 0) is 42.5 Å². The van der Waals surface area contributed by atoms with Crippen molar-refractivity contribution in [2.75, 3.05) is 5.32 Å². The van der Waals surface area contributed by atoms with Crippen molar-refractivity contribution < 1.29 is 9.90 Å². The van der Waals surface area contributed by atoms with Gasteiger partial charge in [0.2, 0.25) is 0 Å². The number of aryl methyl sites for hydroxylation is 1. The molecule has 2 aliphatic rings. The third-order valence-corrected chi connectivity index (χ3v) is 5.42. The van der Waals surface area contributed by atoms with Gasteiger partial charge in [-0.25, -0.2) is 4.79 Å². The lowest BCUT2D eigenvalue weighted by molar-refractivity contribution is 0.0695. The van der Waals surface area contributed by atoms with Crippen molar-refractivity contribution in [3.05, 3.63) is 75.8 Å². The van der Waals surface area contributed by atoms with E-state index in [0.717, 1.165) is 17.7 Å². The number of allylic oxidation sites excluding steroid dienone is 2. The second kappa shape index (κ2) is 5.67. The van der Waals surface area contributed by atoms with E-state index in [1.165, 1.54) is 11.1 Å². The SMILES string of the molecule is Cc1cccc([C@@H]2Nc3c(Cl)ccc(C(=O)O)c3[C@@H]3C=CC[C@H]32)c1. The number of fused-ring (bicyclic) bond motifs is 3. The Hall–Kier alpha value is -2.26. The Kier molecular flexibility index (Phi) is 3.61. The van der Waals surface area contributed by atoms with Crippen LogP contribution in [0.15, 0.2) is 48.6 Å². The van der Waals surface area contributed by atoms with Gasteiger partial charge in [-0.2, -0.15) is 0 Å². The smallest absolute Gasteiger partial charge is 0.336 e. The topological polar surface area (TPSA) is 49.3 Å². The molecule has 0 bridgehead atoms. The first kappa shape index (κ1) is 15.3. The van der Waals surface area contributed by atoms with E-state index >= 15 is 0 Å². The molecule has 24 heavy (non-hydrogen) atoms. The van der Waals surface area contributed by atoms with E-state index in [4.69, 9.17) is 11.6 Å². The van der Waals surface area contributed by atoms with Crippen molar-refractivity contribution in [3.8, 4) is 0 Å². The maximum Gasteiger partial charge on any atom is 0.336 e. The van der Waals surface area contributed by atoms with Gasteiger partial charge in [-0.3, -0.25) is 0 Å². The van der Waals surface area contributed by atoms with Crippen molar-refractivity contribution in [2.24, 2.45) is 5.92 Å². The van der Waals surface area contributed by atoms with Crippen LogP contribution in [0, 0.1) is 12.8 Å². The fourth-order valence-electron chi connectivity index (χ4n) is 4.05. The molecule has 0 saturated heterocycles. The Bertz CT molecular complexity index is 859. The molecule has 2 N–H and O–H groups in total. The number of carboxylic acid groups (broad SMARTS) is 1. The predicted molar refractivity (Wildman–Crippen MR) is 95.9 cm³/mol. The molecule has 4 heteroatoms. The molecule has 2 aromatic rings. The fourth-order valence-corrected chi connectivity index (χ4v) is 4.27. The standard InChI is InChI=1S/C20H18ClNO2/c1-11-4-2-5-12(10-11)18-14-7-3-6-13(14)17-15(20(23)24)8-9-16(21)19(17)22-18/h2-6,8-10,13-14,18,22H,7H2,1H3,(H,23,24)/t13-,14-,18+/m1/s1. The Labute approximate surface area is 146 Å². The summed E-state index contributed by atoms with van der Waals surface area (Å²) in [5.41, 5.74) is 4.35. The molecule has 0 fully saturated rings. The molecule has 0 amide bonds. The average Bonchev–Trinajstić information content (AvgIpc) is 3.04. The highest BCUT2D eigenvalue weighted by molar-refractivity contribution is 6.33. The zero-order valence-corrected chi connectivity index (χ0v) is 14.0. The number of halogens is 1. The predicted octanol–water partition coefficient (Wildman–Crippen LogP) is 5.17. The van der Waals surface area contributed by atoms with Crippen LogP contribution >= 0.6 is 11.6 Å². The second-order valence-electron chi connectivity index (χ2n) is 6.58. The molecule has 4 rings (SSSR count). The van der Waals surface area contributed by atoms with Gasteiger partial charge in [-0.1, -0.05) is 53.6 Å². The summed E-state index contributed by atoms with van der Waals surface area (Å²) in [6, 6.07) is 11.9. The van der Waals surface area contributed by atoms with E-state index in [9.17, 15) is 9.90 Å². The minimum absolute atomic E-state index is 0.0802. The molecule has 0 radical (unpaired) electrons. The Morgan fingerprint density at radius 3 is 2.88 bits per heavy atom. The third kappa shape index (κ3) is 2.31.